The summed E-state index contributed by atoms with van der Waals surface area (Å²) >= 11 is 0.340. The number of fused-ring (bicyclic) bond motifs is 3. The molecule has 0 aliphatic heterocycles. The van der Waals surface area contributed by atoms with Gasteiger partial charge in [-0.05, 0) is 25.7 Å². The zero-order chi connectivity index (χ0) is 30.3. The van der Waals surface area contributed by atoms with Crippen LogP contribution in [0.4, 0.5) is 0 Å². The van der Waals surface area contributed by atoms with Gasteiger partial charge in [-0.2, -0.15) is 0 Å². The van der Waals surface area contributed by atoms with Gasteiger partial charge in [0.15, 0.2) is 5.78 Å². The van der Waals surface area contributed by atoms with Crippen molar-refractivity contribution >= 4 is 40.8 Å². The molecule has 0 spiro atoms. The largest absolute Gasteiger partial charge is 0 e. The van der Waals surface area contributed by atoms with E-state index in [1.165, 1.54) is 31.2 Å². The molecule has 2 aromatic heterocycles. The van der Waals surface area contributed by atoms with Crippen molar-refractivity contribution in [2.24, 2.45) is 17.3 Å². The molecule has 42 heavy (non-hydrogen) atoms. The molecule has 0 bridgehead atoms. The van der Waals surface area contributed by atoms with Gasteiger partial charge < -0.3 is 5.11 Å². The fourth-order valence-corrected chi connectivity index (χ4v) is 7.93. The van der Waals surface area contributed by atoms with Crippen molar-refractivity contribution in [3.05, 3.63) is 70.1 Å². The third-order valence-corrected chi connectivity index (χ3v) is 9.65. The second-order valence-corrected chi connectivity index (χ2v) is 14.6. The van der Waals surface area contributed by atoms with Crippen molar-refractivity contribution < 1.29 is 30.0 Å². The molecule has 0 atom stereocenters. The molecule has 1 N–H and O–H groups in total. The summed E-state index contributed by atoms with van der Waals surface area (Å²) in [7, 11) is 0. The standard InChI is InChI=1S/C23H23N2Se.C13H24O2.Ir/c1-14-10-15(2)12-16(11-14)21-17-6-7-19-22(18(17)8-9-24-21)25-20(26-19)13-23(3,4)5;1-5-10(6-2)12(14)9-13(15)11(7-3)8-4;/h6-11H,13H2,1-5H3;9-11,14H,5-8H2,1-4H3;/q-1;;/b;12-9-;. The molecule has 2 heterocycles. The van der Waals surface area contributed by atoms with Crippen LogP contribution in [0.3, 0.4) is 0 Å². The van der Waals surface area contributed by atoms with Crippen LogP contribution >= 0.6 is 0 Å². The molecule has 1 radical (unpaired) electrons. The molecule has 229 valence electrons. The van der Waals surface area contributed by atoms with E-state index in [9.17, 15) is 9.90 Å². The quantitative estimate of drug-likeness (QED) is 0.0793. The van der Waals surface area contributed by atoms with Gasteiger partial charge in [0.2, 0.25) is 0 Å². The molecule has 0 aliphatic carbocycles. The SMILES string of the molecule is CCC(CC)C(=O)/C=C(\O)C(CC)CC.Cc1[c-]c(-c2nccc3c2ccc2[se]c(CC(C)(C)C)nc23)cc(C)c1.[Ir]. The third kappa shape index (κ3) is 9.45. The normalized spacial score (nSPS) is 12.0. The van der Waals surface area contributed by atoms with Gasteiger partial charge in [-0.15, -0.1) is 0 Å². The van der Waals surface area contributed by atoms with Crippen LogP contribution in [0.15, 0.2) is 48.4 Å². The number of aromatic nitrogens is 2. The second kappa shape index (κ2) is 16.1. The first-order chi connectivity index (χ1) is 19.4. The fourth-order valence-electron chi connectivity index (χ4n) is 5.24. The zero-order valence-corrected chi connectivity index (χ0v) is 30.8. The average molecular weight is 811 g/mol. The predicted octanol–water partition coefficient (Wildman–Crippen LogP) is 9.38. The van der Waals surface area contributed by atoms with Crippen LogP contribution in [-0.4, -0.2) is 35.4 Å². The van der Waals surface area contributed by atoms with Gasteiger partial charge in [0.1, 0.15) is 0 Å². The van der Waals surface area contributed by atoms with E-state index in [0.29, 0.717) is 14.5 Å². The zero-order valence-electron chi connectivity index (χ0n) is 26.7. The summed E-state index contributed by atoms with van der Waals surface area (Å²) in [5, 5.41) is 12.1. The first-order valence-electron chi connectivity index (χ1n) is 15.0. The number of aryl methyl sites for hydroxylation is 2. The van der Waals surface area contributed by atoms with Gasteiger partial charge in [-0.25, -0.2) is 0 Å². The van der Waals surface area contributed by atoms with Crippen molar-refractivity contribution in [1.29, 1.82) is 0 Å². The van der Waals surface area contributed by atoms with E-state index in [4.69, 9.17) is 4.98 Å². The minimum atomic E-state index is 0. The molecule has 6 heteroatoms. The van der Waals surface area contributed by atoms with E-state index in [2.05, 4.69) is 76.0 Å². The number of rotatable bonds is 9. The maximum absolute atomic E-state index is 11.7. The Kier molecular flexibility index (Phi) is 13.8. The topological polar surface area (TPSA) is 63.1 Å². The number of hydrogen-bond donors (Lipinski definition) is 1. The van der Waals surface area contributed by atoms with Crippen molar-refractivity contribution in [1.82, 2.24) is 9.97 Å². The van der Waals surface area contributed by atoms with Crippen LogP contribution in [-0.2, 0) is 31.3 Å². The number of nitrogens with zero attached hydrogens (tertiary/aromatic N) is 2. The summed E-state index contributed by atoms with van der Waals surface area (Å²) in [6.45, 7) is 19.1. The molecule has 0 saturated carbocycles. The van der Waals surface area contributed by atoms with E-state index >= 15 is 0 Å². The van der Waals surface area contributed by atoms with E-state index in [-0.39, 0.29) is 48.9 Å². The number of pyridine rings is 1. The average Bonchev–Trinajstić information content (AvgIpc) is 3.31. The number of allylic oxidation sites excluding steroid dienone is 2. The molecular formula is C36H47IrN2O2Se-. The Labute approximate surface area is 272 Å². The van der Waals surface area contributed by atoms with Crippen LogP contribution in [0.5, 0.6) is 0 Å². The molecule has 4 rings (SSSR count). The van der Waals surface area contributed by atoms with Crippen LogP contribution in [0.2, 0.25) is 0 Å². The van der Waals surface area contributed by atoms with Crippen LogP contribution < -0.4 is 0 Å². The summed E-state index contributed by atoms with van der Waals surface area (Å²) in [6, 6.07) is 14.4. The Hall–Kier alpha value is -2.10. The molecule has 4 nitrogen and oxygen atoms in total. The minimum Gasteiger partial charge on any atom is 0 e. The monoisotopic (exact) mass is 812 g/mol. The Morgan fingerprint density at radius 1 is 0.976 bits per heavy atom. The van der Waals surface area contributed by atoms with Gasteiger partial charge in [-0.3, -0.25) is 4.79 Å². The Morgan fingerprint density at radius 3 is 2.19 bits per heavy atom. The van der Waals surface area contributed by atoms with Gasteiger partial charge in [0, 0.05) is 38.0 Å². The molecule has 0 unspecified atom stereocenters. The number of hydrogen-bond acceptors (Lipinski definition) is 4. The smallest absolute Gasteiger partial charge is 0 e. The Morgan fingerprint density at radius 2 is 1.62 bits per heavy atom. The fraction of sp³-hybridized carbons (Fsp3) is 0.472. The molecule has 0 amide bonds. The summed E-state index contributed by atoms with van der Waals surface area (Å²) in [5.41, 5.74) is 5.90. The Balaban J connectivity index is 0.000000334. The predicted molar refractivity (Wildman–Crippen MR) is 175 cm³/mol. The molecule has 0 fully saturated rings. The van der Waals surface area contributed by atoms with Crippen molar-refractivity contribution in [2.45, 2.75) is 94.4 Å². The number of aliphatic hydroxyl groups is 1. The first kappa shape index (κ1) is 36.1. The summed E-state index contributed by atoms with van der Waals surface area (Å²) < 4.78 is 2.75. The van der Waals surface area contributed by atoms with E-state index in [1.807, 2.05) is 33.9 Å². The summed E-state index contributed by atoms with van der Waals surface area (Å²) in [4.78, 5) is 21.4. The summed E-state index contributed by atoms with van der Waals surface area (Å²) in [6.07, 6.45) is 7.88. The van der Waals surface area contributed by atoms with Gasteiger partial charge in [0.25, 0.3) is 0 Å². The Bertz CT molecular complexity index is 1490. The molecule has 4 aromatic rings. The van der Waals surface area contributed by atoms with E-state index in [0.717, 1.165) is 54.4 Å². The van der Waals surface area contributed by atoms with Gasteiger partial charge in [0.05, 0.1) is 5.76 Å². The van der Waals surface area contributed by atoms with Crippen LogP contribution in [0, 0.1) is 37.2 Å². The number of benzene rings is 2. The van der Waals surface area contributed by atoms with Crippen molar-refractivity contribution in [3.63, 3.8) is 0 Å². The third-order valence-electron chi connectivity index (χ3n) is 7.51. The van der Waals surface area contributed by atoms with Crippen LogP contribution in [0.1, 0.15) is 89.8 Å². The minimum absolute atomic E-state index is 0. The van der Waals surface area contributed by atoms with Gasteiger partial charge >= 0.3 is 161 Å². The number of aliphatic hydroxyl groups excluding tert-OH is 1. The molecule has 0 saturated heterocycles. The maximum Gasteiger partial charge on any atom is 0 e. The van der Waals surface area contributed by atoms with E-state index < -0.39 is 0 Å². The molecular weight excluding hydrogens is 764 g/mol. The molecule has 2 aromatic carbocycles. The first-order valence-corrected chi connectivity index (χ1v) is 16.7. The van der Waals surface area contributed by atoms with E-state index in [1.54, 1.807) is 0 Å². The van der Waals surface area contributed by atoms with Gasteiger partial charge in [-0.1, -0.05) is 27.7 Å². The number of ketones is 1. The van der Waals surface area contributed by atoms with Crippen molar-refractivity contribution in [2.75, 3.05) is 0 Å². The number of carbonyl (C=O) groups is 1. The maximum atomic E-state index is 11.7. The van der Waals surface area contributed by atoms with Crippen LogP contribution in [0.25, 0.3) is 31.8 Å². The summed E-state index contributed by atoms with van der Waals surface area (Å²) in [5.74, 6) is 0.547. The number of carbonyl (C=O) groups excluding carboxylic acids is 1. The van der Waals surface area contributed by atoms with Crippen molar-refractivity contribution in [3.8, 4) is 11.3 Å². The molecule has 0 aliphatic rings. The second-order valence-electron chi connectivity index (χ2n) is 12.3.